The van der Waals surface area contributed by atoms with Gasteiger partial charge in [-0.2, -0.15) is 5.26 Å². The number of nitrogens with zero attached hydrogens (tertiary/aromatic N) is 1. The van der Waals surface area contributed by atoms with Crippen LogP contribution in [-0.4, -0.2) is 23.9 Å². The number of aliphatic hydroxyl groups is 1. The van der Waals surface area contributed by atoms with E-state index in [1.807, 2.05) is 13.0 Å². The minimum Gasteiger partial charge on any atom is -0.504 e. The number of phenols is 1. The Hall–Kier alpha value is -1.73. The van der Waals surface area contributed by atoms with E-state index < -0.39 is 0 Å². The van der Waals surface area contributed by atoms with Crippen molar-refractivity contribution in [3.63, 3.8) is 0 Å². The molecule has 0 heterocycles. The molecular formula is C11H15NO3. The number of aromatic hydroxyl groups is 1. The summed E-state index contributed by atoms with van der Waals surface area (Å²) in [5.41, 5.74) is 0.420. The Morgan fingerprint density at radius 1 is 1.47 bits per heavy atom. The molecular weight excluding hydrogens is 194 g/mol. The third-order valence-electron chi connectivity index (χ3n) is 1.53. The van der Waals surface area contributed by atoms with Crippen LogP contribution in [0.2, 0.25) is 0 Å². The van der Waals surface area contributed by atoms with E-state index in [1.165, 1.54) is 13.2 Å². The van der Waals surface area contributed by atoms with Gasteiger partial charge in [0.2, 0.25) is 0 Å². The van der Waals surface area contributed by atoms with Crippen LogP contribution in [0.25, 0.3) is 0 Å². The molecule has 0 aromatic heterocycles. The highest BCUT2D eigenvalue weighted by Crippen LogP contribution is 2.25. The largest absolute Gasteiger partial charge is 0.504 e. The molecule has 0 fully saturated rings. The van der Waals surface area contributed by atoms with Crippen LogP contribution in [0.1, 0.15) is 18.9 Å². The fraction of sp³-hybridized carbons (Fsp3) is 0.364. The van der Waals surface area contributed by atoms with Gasteiger partial charge in [0.25, 0.3) is 0 Å². The second kappa shape index (κ2) is 7.65. The number of aliphatic hydroxyl groups excluding tert-OH is 1. The first-order chi connectivity index (χ1) is 7.19. The SMILES string of the molecule is CCCO.COc1ccc(C#N)cc1O. The number of hydrogen-bond acceptors (Lipinski definition) is 4. The van der Waals surface area contributed by atoms with Gasteiger partial charge in [0.1, 0.15) is 0 Å². The van der Waals surface area contributed by atoms with Gasteiger partial charge in [-0.25, -0.2) is 0 Å². The Morgan fingerprint density at radius 3 is 2.40 bits per heavy atom. The summed E-state index contributed by atoms with van der Waals surface area (Å²) in [5, 5.41) is 25.4. The monoisotopic (exact) mass is 209 g/mol. The molecule has 0 bridgehead atoms. The molecule has 0 radical (unpaired) electrons. The number of rotatable bonds is 2. The van der Waals surface area contributed by atoms with Gasteiger partial charge in [-0.1, -0.05) is 6.92 Å². The quantitative estimate of drug-likeness (QED) is 0.776. The van der Waals surface area contributed by atoms with E-state index >= 15 is 0 Å². The lowest BCUT2D eigenvalue weighted by Crippen LogP contribution is -1.83. The molecule has 0 spiro atoms. The van der Waals surface area contributed by atoms with E-state index in [0.29, 0.717) is 17.9 Å². The predicted octanol–water partition coefficient (Wildman–Crippen LogP) is 1.66. The Labute approximate surface area is 89.4 Å². The average molecular weight is 209 g/mol. The van der Waals surface area contributed by atoms with Gasteiger partial charge in [0.05, 0.1) is 18.7 Å². The van der Waals surface area contributed by atoms with E-state index in [2.05, 4.69) is 0 Å². The maximum Gasteiger partial charge on any atom is 0.160 e. The minimum atomic E-state index is -0.00782. The van der Waals surface area contributed by atoms with Gasteiger partial charge in [-0.15, -0.1) is 0 Å². The number of phenolic OH excluding ortho intramolecular Hbond substituents is 1. The summed E-state index contributed by atoms with van der Waals surface area (Å²) >= 11 is 0. The number of methoxy groups -OCH3 is 1. The van der Waals surface area contributed by atoms with E-state index in [4.69, 9.17) is 20.2 Å². The summed E-state index contributed by atoms with van der Waals surface area (Å²) in [6.45, 7) is 2.25. The van der Waals surface area contributed by atoms with Gasteiger partial charge in [-0.3, -0.25) is 0 Å². The second-order valence-electron chi connectivity index (χ2n) is 2.72. The fourth-order valence-corrected chi connectivity index (χ4v) is 0.760. The van der Waals surface area contributed by atoms with E-state index in [9.17, 15) is 0 Å². The Morgan fingerprint density at radius 2 is 2.07 bits per heavy atom. The zero-order chi connectivity index (χ0) is 11.7. The average Bonchev–Trinajstić information content (AvgIpc) is 2.29. The van der Waals surface area contributed by atoms with Crippen molar-refractivity contribution >= 4 is 0 Å². The van der Waals surface area contributed by atoms with E-state index in [1.54, 1.807) is 12.1 Å². The van der Waals surface area contributed by atoms with Crippen LogP contribution in [-0.2, 0) is 0 Å². The predicted molar refractivity (Wildman–Crippen MR) is 56.8 cm³/mol. The maximum absolute atomic E-state index is 9.15. The van der Waals surface area contributed by atoms with Crippen molar-refractivity contribution in [3.05, 3.63) is 23.8 Å². The molecule has 0 aliphatic carbocycles. The van der Waals surface area contributed by atoms with Crippen molar-refractivity contribution in [2.45, 2.75) is 13.3 Å². The summed E-state index contributed by atoms with van der Waals surface area (Å²) in [5.74, 6) is 0.371. The normalized spacial score (nSPS) is 8.40. The molecule has 15 heavy (non-hydrogen) atoms. The lowest BCUT2D eigenvalue weighted by atomic mass is 10.2. The van der Waals surface area contributed by atoms with Gasteiger partial charge in [0.15, 0.2) is 11.5 Å². The molecule has 0 atom stereocenters. The molecule has 2 N–H and O–H groups in total. The molecule has 0 saturated carbocycles. The molecule has 1 aromatic carbocycles. The molecule has 82 valence electrons. The zero-order valence-corrected chi connectivity index (χ0v) is 8.90. The molecule has 1 rings (SSSR count). The van der Waals surface area contributed by atoms with E-state index in [-0.39, 0.29) is 5.75 Å². The number of ether oxygens (including phenoxy) is 1. The van der Waals surface area contributed by atoms with Crippen LogP contribution >= 0.6 is 0 Å². The van der Waals surface area contributed by atoms with Crippen LogP contribution in [0, 0.1) is 11.3 Å². The highest BCUT2D eigenvalue weighted by Gasteiger charge is 2.00. The van der Waals surface area contributed by atoms with Crippen molar-refractivity contribution in [2.24, 2.45) is 0 Å². The summed E-state index contributed by atoms with van der Waals surface area (Å²) in [4.78, 5) is 0. The smallest absolute Gasteiger partial charge is 0.160 e. The highest BCUT2D eigenvalue weighted by atomic mass is 16.5. The van der Waals surface area contributed by atoms with Crippen LogP contribution in [0.4, 0.5) is 0 Å². The zero-order valence-electron chi connectivity index (χ0n) is 8.90. The van der Waals surface area contributed by atoms with Gasteiger partial charge in [-0.05, 0) is 18.6 Å². The summed E-state index contributed by atoms with van der Waals surface area (Å²) in [6.07, 6.45) is 0.875. The Balaban J connectivity index is 0.000000423. The standard InChI is InChI=1S/C8H7NO2.C3H8O/c1-11-8-3-2-6(5-9)4-7(8)10;1-2-3-4/h2-4,10H,1H3;4H,2-3H2,1H3. The van der Waals surface area contributed by atoms with Crippen molar-refractivity contribution in [3.8, 4) is 17.6 Å². The molecule has 4 nitrogen and oxygen atoms in total. The Bertz CT molecular complexity index is 329. The first-order valence-corrected chi connectivity index (χ1v) is 4.57. The summed E-state index contributed by atoms with van der Waals surface area (Å²) in [6, 6.07) is 6.39. The molecule has 1 aromatic rings. The molecule has 0 amide bonds. The molecule has 4 heteroatoms. The molecule has 0 unspecified atom stereocenters. The van der Waals surface area contributed by atoms with Crippen molar-refractivity contribution in [1.82, 2.24) is 0 Å². The lowest BCUT2D eigenvalue weighted by molar-refractivity contribution is 0.295. The fourth-order valence-electron chi connectivity index (χ4n) is 0.760. The van der Waals surface area contributed by atoms with Crippen LogP contribution in [0.3, 0.4) is 0 Å². The van der Waals surface area contributed by atoms with Crippen molar-refractivity contribution in [2.75, 3.05) is 13.7 Å². The van der Waals surface area contributed by atoms with Crippen LogP contribution in [0.15, 0.2) is 18.2 Å². The Kier molecular flexibility index (Phi) is 6.77. The topological polar surface area (TPSA) is 73.5 Å². The molecule has 0 aliphatic heterocycles. The lowest BCUT2D eigenvalue weighted by Gasteiger charge is -2.01. The third kappa shape index (κ3) is 4.89. The van der Waals surface area contributed by atoms with Gasteiger partial charge >= 0.3 is 0 Å². The molecule has 0 saturated heterocycles. The maximum atomic E-state index is 9.15. The molecule has 0 aliphatic rings. The van der Waals surface area contributed by atoms with Crippen LogP contribution in [0.5, 0.6) is 11.5 Å². The highest BCUT2D eigenvalue weighted by molar-refractivity contribution is 5.45. The number of benzene rings is 1. The first-order valence-electron chi connectivity index (χ1n) is 4.57. The van der Waals surface area contributed by atoms with Crippen molar-refractivity contribution < 1.29 is 14.9 Å². The summed E-state index contributed by atoms with van der Waals surface area (Å²) < 4.78 is 4.79. The first kappa shape index (κ1) is 13.3. The van der Waals surface area contributed by atoms with Crippen LogP contribution < -0.4 is 4.74 Å². The number of hydrogen-bond donors (Lipinski definition) is 2. The number of nitriles is 1. The second-order valence-corrected chi connectivity index (χ2v) is 2.72. The third-order valence-corrected chi connectivity index (χ3v) is 1.53. The van der Waals surface area contributed by atoms with Gasteiger partial charge in [0, 0.05) is 12.7 Å². The van der Waals surface area contributed by atoms with Gasteiger partial charge < -0.3 is 14.9 Å². The minimum absolute atomic E-state index is 0.00782. The van der Waals surface area contributed by atoms with Crippen molar-refractivity contribution in [1.29, 1.82) is 5.26 Å². The van der Waals surface area contributed by atoms with E-state index in [0.717, 1.165) is 6.42 Å². The summed E-state index contributed by atoms with van der Waals surface area (Å²) in [7, 11) is 1.46.